The summed E-state index contributed by atoms with van der Waals surface area (Å²) in [5.41, 5.74) is 1.01. The summed E-state index contributed by atoms with van der Waals surface area (Å²) in [5, 5.41) is 3.65. The molecule has 1 aromatic rings. The molecular weight excluding hydrogens is 154 g/mol. The van der Waals surface area contributed by atoms with E-state index >= 15 is 0 Å². The molecule has 0 atom stereocenters. The van der Waals surface area contributed by atoms with E-state index in [-0.39, 0.29) is 5.78 Å². The van der Waals surface area contributed by atoms with Crippen molar-refractivity contribution in [1.82, 2.24) is 5.16 Å². The van der Waals surface area contributed by atoms with Gasteiger partial charge in [-0.1, -0.05) is 11.6 Å². The molecule has 1 saturated carbocycles. The topological polar surface area (TPSA) is 43.1 Å². The van der Waals surface area contributed by atoms with Gasteiger partial charge >= 0.3 is 0 Å². The van der Waals surface area contributed by atoms with Crippen molar-refractivity contribution in [3.8, 4) is 0 Å². The number of carbonyl (C=O) groups is 1. The lowest BCUT2D eigenvalue weighted by Crippen LogP contribution is -2.10. The third-order valence-corrected chi connectivity index (χ3v) is 2.46. The fraction of sp³-hybridized carbons (Fsp3) is 0.556. The Hall–Kier alpha value is -1.12. The first-order chi connectivity index (χ1) is 5.79. The maximum atomic E-state index is 11.0. The van der Waals surface area contributed by atoms with E-state index in [0.717, 1.165) is 5.56 Å². The molecule has 1 heterocycles. The monoisotopic (exact) mass is 165 g/mol. The number of aromatic nitrogens is 1. The van der Waals surface area contributed by atoms with Gasteiger partial charge in [0.25, 0.3) is 0 Å². The maximum Gasteiger partial charge on any atom is 0.205 e. The lowest BCUT2D eigenvalue weighted by molar-refractivity contribution is 0.0975. The van der Waals surface area contributed by atoms with Gasteiger partial charge in [-0.2, -0.15) is 0 Å². The summed E-state index contributed by atoms with van der Waals surface area (Å²) in [5.74, 6) is 0.962. The van der Waals surface area contributed by atoms with E-state index in [1.807, 2.05) is 0 Å². The molecule has 12 heavy (non-hydrogen) atoms. The molecule has 0 spiro atoms. The van der Waals surface area contributed by atoms with Gasteiger partial charge in [0, 0.05) is 12.5 Å². The van der Waals surface area contributed by atoms with E-state index in [0.29, 0.717) is 11.7 Å². The van der Waals surface area contributed by atoms with Crippen molar-refractivity contribution in [1.29, 1.82) is 0 Å². The number of hydrogen-bond acceptors (Lipinski definition) is 3. The molecule has 0 N–H and O–H groups in total. The Morgan fingerprint density at radius 2 is 2.42 bits per heavy atom. The minimum Gasteiger partial charge on any atom is -0.353 e. The molecule has 1 aliphatic rings. The van der Waals surface area contributed by atoms with Crippen molar-refractivity contribution in [3.63, 3.8) is 0 Å². The van der Waals surface area contributed by atoms with Crippen LogP contribution in [0.15, 0.2) is 10.7 Å². The van der Waals surface area contributed by atoms with E-state index < -0.39 is 0 Å². The van der Waals surface area contributed by atoms with Gasteiger partial charge in [0.05, 0.1) is 6.20 Å². The van der Waals surface area contributed by atoms with Crippen molar-refractivity contribution >= 4 is 5.78 Å². The zero-order chi connectivity index (χ0) is 8.55. The molecule has 0 amide bonds. The summed E-state index contributed by atoms with van der Waals surface area (Å²) in [6.45, 7) is 1.52. The summed E-state index contributed by atoms with van der Waals surface area (Å²) in [7, 11) is 0. The van der Waals surface area contributed by atoms with Crippen molar-refractivity contribution in [3.05, 3.63) is 17.5 Å². The maximum absolute atomic E-state index is 11.0. The Balaban J connectivity index is 2.29. The SMILES string of the molecule is CC(=O)c1oncc1C1CCC1. The minimum absolute atomic E-state index is 0.0191. The Morgan fingerprint density at radius 3 is 2.92 bits per heavy atom. The zero-order valence-corrected chi connectivity index (χ0v) is 7.04. The van der Waals surface area contributed by atoms with Gasteiger partial charge in [-0.3, -0.25) is 4.79 Å². The predicted molar refractivity (Wildman–Crippen MR) is 43.1 cm³/mol. The van der Waals surface area contributed by atoms with Crippen molar-refractivity contribution in [2.45, 2.75) is 32.1 Å². The first-order valence-electron chi connectivity index (χ1n) is 4.24. The second-order valence-electron chi connectivity index (χ2n) is 3.29. The average molecular weight is 165 g/mol. The molecule has 2 rings (SSSR count). The lowest BCUT2D eigenvalue weighted by atomic mass is 9.80. The van der Waals surface area contributed by atoms with Crippen LogP contribution in [0.1, 0.15) is 48.2 Å². The second-order valence-corrected chi connectivity index (χ2v) is 3.29. The highest BCUT2D eigenvalue weighted by molar-refractivity contribution is 5.92. The van der Waals surface area contributed by atoms with E-state index in [1.165, 1.54) is 26.2 Å². The molecule has 0 aromatic carbocycles. The number of ketones is 1. The summed E-state index contributed by atoms with van der Waals surface area (Å²) >= 11 is 0. The molecule has 0 aliphatic heterocycles. The van der Waals surface area contributed by atoms with Crippen LogP contribution < -0.4 is 0 Å². The number of hydrogen-bond donors (Lipinski definition) is 0. The lowest BCUT2D eigenvalue weighted by Gasteiger charge is -2.23. The number of carbonyl (C=O) groups excluding carboxylic acids is 1. The molecule has 3 nitrogen and oxygen atoms in total. The van der Waals surface area contributed by atoms with Gasteiger partial charge in [-0.25, -0.2) is 0 Å². The smallest absolute Gasteiger partial charge is 0.205 e. The van der Waals surface area contributed by atoms with Gasteiger partial charge in [0.2, 0.25) is 5.76 Å². The molecule has 0 bridgehead atoms. The first-order valence-corrected chi connectivity index (χ1v) is 4.24. The van der Waals surface area contributed by atoms with E-state index in [4.69, 9.17) is 4.52 Å². The van der Waals surface area contributed by atoms with Gasteiger partial charge < -0.3 is 4.52 Å². The highest BCUT2D eigenvalue weighted by Gasteiger charge is 2.26. The first kappa shape index (κ1) is 7.53. The molecule has 1 aliphatic carbocycles. The molecule has 1 fully saturated rings. The molecule has 0 unspecified atom stereocenters. The quantitative estimate of drug-likeness (QED) is 0.630. The Kier molecular flexibility index (Phi) is 1.71. The third-order valence-electron chi connectivity index (χ3n) is 2.46. The van der Waals surface area contributed by atoms with E-state index in [2.05, 4.69) is 5.16 Å². The number of Topliss-reactive ketones (excluding diaryl/α,β-unsaturated/α-hetero) is 1. The van der Waals surface area contributed by atoms with E-state index in [1.54, 1.807) is 6.20 Å². The summed E-state index contributed by atoms with van der Waals surface area (Å²) in [6, 6.07) is 0. The number of nitrogens with zero attached hydrogens (tertiary/aromatic N) is 1. The van der Waals surface area contributed by atoms with Crippen LogP contribution in [0.25, 0.3) is 0 Å². The van der Waals surface area contributed by atoms with Crippen LogP contribution in [-0.4, -0.2) is 10.9 Å². The van der Waals surface area contributed by atoms with Gasteiger partial charge in [-0.05, 0) is 18.8 Å². The molecule has 3 heteroatoms. The average Bonchev–Trinajstić information content (AvgIpc) is 2.31. The molecule has 64 valence electrons. The minimum atomic E-state index is -0.0191. The van der Waals surface area contributed by atoms with Crippen molar-refractivity contribution < 1.29 is 9.32 Å². The third kappa shape index (κ3) is 1.05. The van der Waals surface area contributed by atoms with Crippen LogP contribution in [0.5, 0.6) is 0 Å². The summed E-state index contributed by atoms with van der Waals surface area (Å²) < 4.78 is 4.88. The van der Waals surface area contributed by atoms with Crippen LogP contribution in [0.2, 0.25) is 0 Å². The predicted octanol–water partition coefficient (Wildman–Crippen LogP) is 2.14. The van der Waals surface area contributed by atoms with Crippen LogP contribution in [0, 0.1) is 0 Å². The fourth-order valence-corrected chi connectivity index (χ4v) is 1.52. The van der Waals surface area contributed by atoms with Crippen LogP contribution in [0.4, 0.5) is 0 Å². The highest BCUT2D eigenvalue weighted by Crippen LogP contribution is 2.37. The van der Waals surface area contributed by atoms with Gasteiger partial charge in [-0.15, -0.1) is 0 Å². The van der Waals surface area contributed by atoms with E-state index in [9.17, 15) is 4.79 Å². The highest BCUT2D eigenvalue weighted by atomic mass is 16.5. The number of rotatable bonds is 2. The van der Waals surface area contributed by atoms with Gasteiger partial charge in [0.1, 0.15) is 0 Å². The summed E-state index contributed by atoms with van der Waals surface area (Å²) in [6.07, 6.45) is 5.27. The Bertz CT molecular complexity index is 299. The zero-order valence-electron chi connectivity index (χ0n) is 7.04. The summed E-state index contributed by atoms with van der Waals surface area (Å²) in [4.78, 5) is 11.0. The Labute approximate surface area is 70.7 Å². The Morgan fingerprint density at radius 1 is 1.67 bits per heavy atom. The molecule has 0 radical (unpaired) electrons. The second kappa shape index (κ2) is 2.73. The molecule has 0 saturated heterocycles. The van der Waals surface area contributed by atoms with Crippen LogP contribution in [-0.2, 0) is 0 Å². The normalized spacial score (nSPS) is 17.4. The van der Waals surface area contributed by atoms with Crippen LogP contribution >= 0.6 is 0 Å². The van der Waals surface area contributed by atoms with Crippen molar-refractivity contribution in [2.75, 3.05) is 0 Å². The largest absolute Gasteiger partial charge is 0.353 e. The molecular formula is C9H11NO2. The van der Waals surface area contributed by atoms with Crippen LogP contribution in [0.3, 0.4) is 0 Å². The van der Waals surface area contributed by atoms with Gasteiger partial charge in [0.15, 0.2) is 5.78 Å². The van der Waals surface area contributed by atoms with Crippen molar-refractivity contribution in [2.24, 2.45) is 0 Å². The molecule has 1 aromatic heterocycles. The fourth-order valence-electron chi connectivity index (χ4n) is 1.52. The standard InChI is InChI=1S/C9H11NO2/c1-6(11)9-8(5-10-12-9)7-3-2-4-7/h5,7H,2-4H2,1H3.